The number of aryl methyl sites for hydroxylation is 1. The standard InChI is InChI=1S/C14H11BrClNO4S/c1-8-2-5-13(11(15)6-8)17-22(20,21)9-3-4-10(14(18)19)12(16)7-9/h2-7,17H,1H3,(H,18,19). The van der Waals surface area contributed by atoms with Gasteiger partial charge in [0.05, 0.1) is 21.2 Å². The van der Waals surface area contributed by atoms with Gasteiger partial charge in [-0.3, -0.25) is 4.72 Å². The number of halogens is 2. The average Bonchev–Trinajstić information content (AvgIpc) is 2.41. The van der Waals surface area contributed by atoms with Gasteiger partial charge in [0.15, 0.2) is 0 Å². The molecule has 0 amide bonds. The molecule has 2 rings (SSSR count). The minimum atomic E-state index is -3.87. The number of hydrogen-bond donors (Lipinski definition) is 2. The monoisotopic (exact) mass is 403 g/mol. The third-order valence-corrected chi connectivity index (χ3v) is 5.18. The van der Waals surface area contributed by atoms with Crippen molar-refractivity contribution in [3.05, 3.63) is 57.0 Å². The Morgan fingerprint density at radius 3 is 2.45 bits per heavy atom. The Hall–Kier alpha value is -1.57. The molecule has 8 heteroatoms. The Kier molecular flexibility index (Phi) is 4.79. The Morgan fingerprint density at radius 1 is 1.23 bits per heavy atom. The summed E-state index contributed by atoms with van der Waals surface area (Å²) in [5.41, 5.74) is 1.20. The molecule has 2 aromatic carbocycles. The zero-order valence-electron chi connectivity index (χ0n) is 11.3. The third kappa shape index (κ3) is 3.60. The first-order chi connectivity index (χ1) is 10.2. The fourth-order valence-electron chi connectivity index (χ4n) is 1.74. The molecule has 0 unspecified atom stereocenters. The van der Waals surface area contributed by atoms with Crippen LogP contribution in [0.1, 0.15) is 15.9 Å². The van der Waals surface area contributed by atoms with Gasteiger partial charge in [0.1, 0.15) is 0 Å². The van der Waals surface area contributed by atoms with E-state index in [1.54, 1.807) is 18.2 Å². The molecule has 0 saturated carbocycles. The van der Waals surface area contributed by atoms with E-state index in [0.29, 0.717) is 10.2 Å². The second-order valence-electron chi connectivity index (χ2n) is 4.54. The van der Waals surface area contributed by atoms with Gasteiger partial charge in [0.25, 0.3) is 10.0 Å². The first-order valence-electron chi connectivity index (χ1n) is 6.02. The van der Waals surface area contributed by atoms with Crippen LogP contribution in [0.5, 0.6) is 0 Å². The smallest absolute Gasteiger partial charge is 0.337 e. The van der Waals surface area contributed by atoms with Gasteiger partial charge in [0, 0.05) is 4.47 Å². The van der Waals surface area contributed by atoms with Gasteiger partial charge >= 0.3 is 5.97 Å². The van der Waals surface area contributed by atoms with Crippen molar-refractivity contribution >= 4 is 49.2 Å². The fraction of sp³-hybridized carbons (Fsp3) is 0.0714. The third-order valence-electron chi connectivity index (χ3n) is 2.85. The molecule has 0 aliphatic rings. The second kappa shape index (κ2) is 6.28. The zero-order valence-corrected chi connectivity index (χ0v) is 14.5. The molecule has 0 aromatic heterocycles. The average molecular weight is 405 g/mol. The van der Waals surface area contributed by atoms with Crippen LogP contribution in [-0.2, 0) is 10.0 Å². The second-order valence-corrected chi connectivity index (χ2v) is 7.48. The molecule has 22 heavy (non-hydrogen) atoms. The molecule has 0 saturated heterocycles. The number of carboxylic acid groups (broad SMARTS) is 1. The van der Waals surface area contributed by atoms with Crippen LogP contribution in [0.25, 0.3) is 0 Å². The van der Waals surface area contributed by atoms with Gasteiger partial charge in [-0.25, -0.2) is 13.2 Å². The SMILES string of the molecule is Cc1ccc(NS(=O)(=O)c2ccc(C(=O)O)c(Cl)c2)c(Br)c1. The molecule has 0 radical (unpaired) electrons. The van der Waals surface area contributed by atoms with E-state index in [-0.39, 0.29) is 15.5 Å². The number of carboxylic acids is 1. The summed E-state index contributed by atoms with van der Waals surface area (Å²) in [7, 11) is -3.87. The molecule has 116 valence electrons. The van der Waals surface area contributed by atoms with Gasteiger partial charge in [-0.15, -0.1) is 0 Å². The van der Waals surface area contributed by atoms with E-state index in [1.807, 2.05) is 6.92 Å². The quantitative estimate of drug-likeness (QED) is 0.809. The maximum absolute atomic E-state index is 12.3. The van der Waals surface area contributed by atoms with E-state index in [9.17, 15) is 13.2 Å². The van der Waals surface area contributed by atoms with E-state index in [0.717, 1.165) is 17.7 Å². The highest BCUT2D eigenvalue weighted by atomic mass is 79.9. The molecule has 0 spiro atoms. The minimum Gasteiger partial charge on any atom is -0.478 e. The van der Waals surface area contributed by atoms with Crippen molar-refractivity contribution in [1.82, 2.24) is 0 Å². The summed E-state index contributed by atoms with van der Waals surface area (Å²) in [6.45, 7) is 1.88. The Morgan fingerprint density at radius 2 is 1.91 bits per heavy atom. The van der Waals surface area contributed by atoms with E-state index in [1.165, 1.54) is 6.07 Å². The first kappa shape index (κ1) is 16.8. The highest BCUT2D eigenvalue weighted by Gasteiger charge is 2.18. The van der Waals surface area contributed by atoms with Crippen LogP contribution in [0, 0.1) is 6.92 Å². The number of sulfonamides is 1. The van der Waals surface area contributed by atoms with Crippen LogP contribution in [0.4, 0.5) is 5.69 Å². The van der Waals surface area contributed by atoms with E-state index < -0.39 is 16.0 Å². The van der Waals surface area contributed by atoms with Gasteiger partial charge in [-0.05, 0) is 58.7 Å². The van der Waals surface area contributed by atoms with Crippen molar-refractivity contribution in [2.75, 3.05) is 4.72 Å². The summed E-state index contributed by atoms with van der Waals surface area (Å²) < 4.78 is 27.7. The Labute approximate surface area is 141 Å². The summed E-state index contributed by atoms with van der Waals surface area (Å²) >= 11 is 9.09. The lowest BCUT2D eigenvalue weighted by molar-refractivity contribution is 0.0697. The Balaban J connectivity index is 2.38. The molecular weight excluding hydrogens is 394 g/mol. The summed E-state index contributed by atoms with van der Waals surface area (Å²) in [5, 5.41) is 8.76. The maximum atomic E-state index is 12.3. The largest absolute Gasteiger partial charge is 0.478 e. The lowest BCUT2D eigenvalue weighted by Gasteiger charge is -2.11. The summed E-state index contributed by atoms with van der Waals surface area (Å²) in [4.78, 5) is 10.8. The zero-order chi connectivity index (χ0) is 16.5. The number of nitrogens with one attached hydrogen (secondary N) is 1. The van der Waals surface area contributed by atoms with Gasteiger partial charge in [-0.1, -0.05) is 17.7 Å². The molecule has 0 bridgehead atoms. The van der Waals surface area contributed by atoms with Crippen LogP contribution < -0.4 is 4.72 Å². The molecule has 0 fully saturated rings. The maximum Gasteiger partial charge on any atom is 0.337 e. The van der Waals surface area contributed by atoms with Gasteiger partial charge < -0.3 is 5.11 Å². The van der Waals surface area contributed by atoms with Crippen molar-refractivity contribution in [3.63, 3.8) is 0 Å². The highest BCUT2D eigenvalue weighted by molar-refractivity contribution is 9.10. The number of carbonyl (C=O) groups is 1. The summed E-state index contributed by atoms with van der Waals surface area (Å²) in [6.07, 6.45) is 0. The molecule has 0 aliphatic carbocycles. The van der Waals surface area contributed by atoms with Crippen LogP contribution in [0.3, 0.4) is 0 Å². The van der Waals surface area contributed by atoms with Gasteiger partial charge in [-0.2, -0.15) is 0 Å². The lowest BCUT2D eigenvalue weighted by atomic mass is 10.2. The van der Waals surface area contributed by atoms with Crippen LogP contribution >= 0.6 is 27.5 Å². The molecule has 0 aliphatic heterocycles. The molecule has 0 atom stereocenters. The number of aromatic carboxylic acids is 1. The number of rotatable bonds is 4. The van der Waals surface area contributed by atoms with Crippen molar-refractivity contribution in [2.24, 2.45) is 0 Å². The van der Waals surface area contributed by atoms with E-state index in [4.69, 9.17) is 16.7 Å². The van der Waals surface area contributed by atoms with Crippen molar-refractivity contribution < 1.29 is 18.3 Å². The molecule has 2 aromatic rings. The normalized spacial score (nSPS) is 11.2. The number of benzene rings is 2. The van der Waals surface area contributed by atoms with Crippen molar-refractivity contribution in [3.8, 4) is 0 Å². The minimum absolute atomic E-state index is 0.116. The summed E-state index contributed by atoms with van der Waals surface area (Å²) in [6, 6.07) is 8.63. The predicted octanol–water partition coefficient (Wildman–Crippen LogP) is 3.91. The topological polar surface area (TPSA) is 83.5 Å². The lowest BCUT2D eigenvalue weighted by Crippen LogP contribution is -2.14. The van der Waals surface area contributed by atoms with Gasteiger partial charge in [0.2, 0.25) is 0 Å². The fourth-order valence-corrected chi connectivity index (χ4v) is 3.90. The number of anilines is 1. The molecule has 5 nitrogen and oxygen atoms in total. The highest BCUT2D eigenvalue weighted by Crippen LogP contribution is 2.27. The Bertz CT molecular complexity index is 852. The van der Waals surface area contributed by atoms with E-state index in [2.05, 4.69) is 20.7 Å². The molecule has 0 heterocycles. The van der Waals surface area contributed by atoms with Crippen molar-refractivity contribution in [2.45, 2.75) is 11.8 Å². The molecular formula is C14H11BrClNO4S. The van der Waals surface area contributed by atoms with Crippen LogP contribution in [0.2, 0.25) is 5.02 Å². The first-order valence-corrected chi connectivity index (χ1v) is 8.68. The van der Waals surface area contributed by atoms with Crippen molar-refractivity contribution in [1.29, 1.82) is 0 Å². The van der Waals surface area contributed by atoms with Crippen LogP contribution in [0.15, 0.2) is 45.8 Å². The predicted molar refractivity (Wildman–Crippen MR) is 88.1 cm³/mol. The molecule has 2 N–H and O–H groups in total. The summed E-state index contributed by atoms with van der Waals surface area (Å²) in [5.74, 6) is -1.22. The van der Waals surface area contributed by atoms with E-state index >= 15 is 0 Å². The van der Waals surface area contributed by atoms with Crippen LogP contribution in [-0.4, -0.2) is 19.5 Å². The number of hydrogen-bond acceptors (Lipinski definition) is 3.